The Hall–Kier alpha value is -1.30. The summed E-state index contributed by atoms with van der Waals surface area (Å²) in [7, 11) is 0. The summed E-state index contributed by atoms with van der Waals surface area (Å²) in [4.78, 5) is 0. The molecule has 1 aromatic rings. The third-order valence-corrected chi connectivity index (χ3v) is 2.13. The second-order valence-corrected chi connectivity index (χ2v) is 3.36. The zero-order valence-corrected chi connectivity index (χ0v) is 8.74. The second kappa shape index (κ2) is 5.16. The maximum absolute atomic E-state index is 13.2. The number of nitrogens with zero attached hydrogens (tertiary/aromatic N) is 1. The van der Waals surface area contributed by atoms with Gasteiger partial charge in [-0.3, -0.25) is 0 Å². The first-order valence-electron chi connectivity index (χ1n) is 4.84. The van der Waals surface area contributed by atoms with E-state index in [4.69, 9.17) is 5.84 Å². The molecule has 0 aromatic heterocycles. The molecule has 1 aromatic carbocycles. The highest BCUT2D eigenvalue weighted by Gasteiger charge is 2.22. The number of halogens is 4. The standard InChI is InChI=1S/C10H12F4N2/c1-2-3-4-16(15)10-8(13)6(11)5-7(12)9(10)14/h5H,2-4,15H2,1H3. The fraction of sp³-hybridized carbons (Fsp3) is 0.400. The first kappa shape index (κ1) is 12.8. The zero-order valence-electron chi connectivity index (χ0n) is 8.74. The van der Waals surface area contributed by atoms with E-state index in [0.29, 0.717) is 11.4 Å². The molecular formula is C10H12F4N2. The fourth-order valence-electron chi connectivity index (χ4n) is 1.25. The van der Waals surface area contributed by atoms with Gasteiger partial charge in [-0.1, -0.05) is 13.3 Å². The van der Waals surface area contributed by atoms with Gasteiger partial charge in [0.25, 0.3) is 0 Å². The highest BCUT2D eigenvalue weighted by Crippen LogP contribution is 2.26. The maximum Gasteiger partial charge on any atom is 0.186 e. The Balaban J connectivity index is 3.11. The molecule has 0 atom stereocenters. The molecule has 0 aliphatic carbocycles. The van der Waals surface area contributed by atoms with Crippen LogP contribution in [0.3, 0.4) is 0 Å². The minimum Gasteiger partial charge on any atom is -0.305 e. The van der Waals surface area contributed by atoms with Crippen molar-refractivity contribution < 1.29 is 17.6 Å². The quantitative estimate of drug-likeness (QED) is 0.377. The molecule has 2 N–H and O–H groups in total. The van der Waals surface area contributed by atoms with Crippen molar-refractivity contribution in [1.29, 1.82) is 0 Å². The molecular weight excluding hydrogens is 224 g/mol. The Morgan fingerprint density at radius 2 is 1.62 bits per heavy atom. The number of hydrogen-bond acceptors (Lipinski definition) is 2. The lowest BCUT2D eigenvalue weighted by Gasteiger charge is -2.19. The molecule has 0 fully saturated rings. The van der Waals surface area contributed by atoms with Crippen molar-refractivity contribution >= 4 is 5.69 Å². The molecule has 0 unspecified atom stereocenters. The fourth-order valence-corrected chi connectivity index (χ4v) is 1.25. The first-order valence-corrected chi connectivity index (χ1v) is 4.84. The molecule has 0 amide bonds. The van der Waals surface area contributed by atoms with E-state index in [1.807, 2.05) is 6.92 Å². The van der Waals surface area contributed by atoms with Crippen molar-refractivity contribution in [1.82, 2.24) is 0 Å². The van der Waals surface area contributed by atoms with Crippen LogP contribution in [0.15, 0.2) is 6.07 Å². The Morgan fingerprint density at radius 3 is 2.06 bits per heavy atom. The van der Waals surface area contributed by atoms with Crippen LogP contribution < -0.4 is 10.9 Å². The summed E-state index contributed by atoms with van der Waals surface area (Å²) >= 11 is 0. The molecule has 0 heterocycles. The molecule has 2 nitrogen and oxygen atoms in total. The van der Waals surface area contributed by atoms with Crippen LogP contribution in [0, 0.1) is 23.3 Å². The molecule has 16 heavy (non-hydrogen) atoms. The van der Waals surface area contributed by atoms with Gasteiger partial charge in [-0.05, 0) is 6.42 Å². The molecule has 1 rings (SSSR count). The summed E-state index contributed by atoms with van der Waals surface area (Å²) in [5, 5.41) is 0.681. The van der Waals surface area contributed by atoms with Crippen LogP contribution in [0.2, 0.25) is 0 Å². The Bertz CT molecular complexity index is 355. The topological polar surface area (TPSA) is 29.3 Å². The van der Waals surface area contributed by atoms with Crippen LogP contribution in [0.4, 0.5) is 23.2 Å². The summed E-state index contributed by atoms with van der Waals surface area (Å²) in [6.07, 6.45) is 1.31. The van der Waals surface area contributed by atoms with Gasteiger partial charge >= 0.3 is 0 Å². The van der Waals surface area contributed by atoms with Gasteiger partial charge in [-0.25, -0.2) is 23.4 Å². The SMILES string of the molecule is CCCCN(N)c1c(F)c(F)cc(F)c1F. The number of rotatable bonds is 4. The lowest BCUT2D eigenvalue weighted by Crippen LogP contribution is -2.34. The van der Waals surface area contributed by atoms with Gasteiger partial charge in [0.2, 0.25) is 0 Å². The van der Waals surface area contributed by atoms with Crippen molar-refractivity contribution in [2.24, 2.45) is 5.84 Å². The third-order valence-electron chi connectivity index (χ3n) is 2.13. The number of hydrogen-bond donors (Lipinski definition) is 1. The number of hydrazine groups is 1. The van der Waals surface area contributed by atoms with E-state index in [-0.39, 0.29) is 12.6 Å². The molecule has 0 radical (unpaired) electrons. The van der Waals surface area contributed by atoms with Gasteiger partial charge in [0.15, 0.2) is 23.3 Å². The van der Waals surface area contributed by atoms with Crippen LogP contribution in [-0.4, -0.2) is 6.54 Å². The van der Waals surface area contributed by atoms with Crippen molar-refractivity contribution in [2.75, 3.05) is 11.6 Å². The van der Waals surface area contributed by atoms with Gasteiger partial charge in [0.05, 0.1) is 0 Å². The van der Waals surface area contributed by atoms with Crippen molar-refractivity contribution in [3.8, 4) is 0 Å². The Morgan fingerprint density at radius 1 is 1.12 bits per heavy atom. The van der Waals surface area contributed by atoms with Crippen LogP contribution in [0.1, 0.15) is 19.8 Å². The highest BCUT2D eigenvalue weighted by atomic mass is 19.2. The first-order chi connectivity index (χ1) is 7.49. The molecule has 0 aliphatic rings. The molecule has 0 saturated carbocycles. The van der Waals surface area contributed by atoms with Crippen LogP contribution in [0.5, 0.6) is 0 Å². The van der Waals surface area contributed by atoms with Gasteiger partial charge in [-0.2, -0.15) is 0 Å². The Labute approximate surface area is 90.6 Å². The van der Waals surface area contributed by atoms with Gasteiger partial charge in [0.1, 0.15) is 5.69 Å². The van der Waals surface area contributed by atoms with Crippen molar-refractivity contribution in [3.63, 3.8) is 0 Å². The molecule has 0 spiro atoms. The summed E-state index contributed by atoms with van der Waals surface area (Å²) in [5.74, 6) is -0.524. The molecule has 90 valence electrons. The number of unbranched alkanes of at least 4 members (excludes halogenated alkanes) is 1. The van der Waals surface area contributed by atoms with Gasteiger partial charge in [0, 0.05) is 12.6 Å². The minimum atomic E-state index is -1.47. The van der Waals surface area contributed by atoms with E-state index in [9.17, 15) is 17.6 Å². The zero-order chi connectivity index (χ0) is 12.3. The third kappa shape index (κ3) is 2.44. The lowest BCUT2D eigenvalue weighted by molar-refractivity contribution is 0.451. The largest absolute Gasteiger partial charge is 0.305 e. The average Bonchev–Trinajstić information content (AvgIpc) is 2.24. The van der Waals surface area contributed by atoms with Crippen molar-refractivity contribution in [2.45, 2.75) is 19.8 Å². The minimum absolute atomic E-state index is 0.118. The second-order valence-electron chi connectivity index (χ2n) is 3.36. The van der Waals surface area contributed by atoms with Crippen LogP contribution in [-0.2, 0) is 0 Å². The van der Waals surface area contributed by atoms with E-state index in [1.54, 1.807) is 0 Å². The van der Waals surface area contributed by atoms with E-state index >= 15 is 0 Å². The molecule has 0 bridgehead atoms. The summed E-state index contributed by atoms with van der Waals surface area (Å²) in [6, 6.07) is 0.155. The normalized spacial score (nSPS) is 10.6. The smallest absolute Gasteiger partial charge is 0.186 e. The van der Waals surface area contributed by atoms with Gasteiger partial charge < -0.3 is 5.01 Å². The predicted octanol–water partition coefficient (Wildman–Crippen LogP) is 2.72. The maximum atomic E-state index is 13.2. The highest BCUT2D eigenvalue weighted by molar-refractivity contribution is 5.48. The molecule has 6 heteroatoms. The van der Waals surface area contributed by atoms with E-state index in [0.717, 1.165) is 6.42 Å². The predicted molar refractivity (Wildman–Crippen MR) is 52.7 cm³/mol. The number of anilines is 1. The van der Waals surface area contributed by atoms with E-state index in [2.05, 4.69) is 0 Å². The van der Waals surface area contributed by atoms with Crippen LogP contribution >= 0.6 is 0 Å². The van der Waals surface area contributed by atoms with Gasteiger partial charge in [-0.15, -0.1) is 0 Å². The van der Waals surface area contributed by atoms with E-state index in [1.165, 1.54) is 0 Å². The molecule has 0 aliphatic heterocycles. The lowest BCUT2D eigenvalue weighted by atomic mass is 10.2. The average molecular weight is 236 g/mol. The molecule has 0 saturated heterocycles. The summed E-state index contributed by atoms with van der Waals surface area (Å²) < 4.78 is 52.1. The Kier molecular flexibility index (Phi) is 4.12. The van der Waals surface area contributed by atoms with Crippen LogP contribution in [0.25, 0.3) is 0 Å². The van der Waals surface area contributed by atoms with E-state index < -0.39 is 29.0 Å². The number of benzene rings is 1. The van der Waals surface area contributed by atoms with Crippen molar-refractivity contribution in [3.05, 3.63) is 29.3 Å². The monoisotopic (exact) mass is 236 g/mol. The number of nitrogens with two attached hydrogens (primary N) is 1. The summed E-state index contributed by atoms with van der Waals surface area (Å²) in [5.41, 5.74) is -0.869. The summed E-state index contributed by atoms with van der Waals surface area (Å²) in [6.45, 7) is 1.97.